The number of benzene rings is 2. The van der Waals surface area contributed by atoms with Crippen LogP contribution >= 0.6 is 15.9 Å². The number of ether oxygens (including phenoxy) is 2. The Morgan fingerprint density at radius 1 is 1.04 bits per heavy atom. The van der Waals surface area contributed by atoms with Crippen molar-refractivity contribution < 1.29 is 9.47 Å². The van der Waals surface area contributed by atoms with Gasteiger partial charge in [-0.05, 0) is 52.0 Å². The van der Waals surface area contributed by atoms with E-state index in [-0.39, 0.29) is 0 Å². The van der Waals surface area contributed by atoms with Gasteiger partial charge in [-0.3, -0.25) is 4.99 Å². The predicted octanol–water partition coefficient (Wildman–Crippen LogP) is 3.76. The van der Waals surface area contributed by atoms with Gasteiger partial charge in [0.05, 0.1) is 18.7 Å². The zero-order valence-corrected chi connectivity index (χ0v) is 17.1. The van der Waals surface area contributed by atoms with Crippen molar-refractivity contribution in [2.75, 3.05) is 27.8 Å². The van der Waals surface area contributed by atoms with E-state index in [1.54, 1.807) is 21.3 Å². The molecule has 0 aromatic heterocycles. The summed E-state index contributed by atoms with van der Waals surface area (Å²) in [4.78, 5) is 4.27. The first-order valence-electron chi connectivity index (χ1n) is 8.56. The van der Waals surface area contributed by atoms with Gasteiger partial charge in [-0.1, -0.05) is 30.3 Å². The SMILES string of the molecule is CN=C(NCCCc1ccccc1)NCc1cc(Br)c(OC)c(OC)c1. The number of aryl methyl sites for hydroxylation is 1. The second-order valence-electron chi connectivity index (χ2n) is 5.75. The third-order valence-electron chi connectivity index (χ3n) is 3.95. The second kappa shape index (κ2) is 10.7. The summed E-state index contributed by atoms with van der Waals surface area (Å²) in [6.45, 7) is 1.50. The lowest BCUT2D eigenvalue weighted by Gasteiger charge is -2.14. The Bertz CT molecular complexity index is 720. The number of rotatable bonds is 8. The van der Waals surface area contributed by atoms with Crippen molar-refractivity contribution in [2.24, 2.45) is 4.99 Å². The molecule has 2 aromatic rings. The van der Waals surface area contributed by atoms with E-state index < -0.39 is 0 Å². The molecule has 2 aromatic carbocycles. The van der Waals surface area contributed by atoms with Crippen LogP contribution in [0, 0.1) is 0 Å². The minimum absolute atomic E-state index is 0.636. The molecule has 0 bridgehead atoms. The van der Waals surface area contributed by atoms with Crippen LogP contribution in [0.25, 0.3) is 0 Å². The first-order valence-corrected chi connectivity index (χ1v) is 9.36. The lowest BCUT2D eigenvalue weighted by atomic mass is 10.1. The van der Waals surface area contributed by atoms with E-state index >= 15 is 0 Å². The molecule has 0 fully saturated rings. The van der Waals surface area contributed by atoms with E-state index in [9.17, 15) is 0 Å². The highest BCUT2D eigenvalue weighted by Crippen LogP contribution is 2.36. The van der Waals surface area contributed by atoms with Gasteiger partial charge in [-0.15, -0.1) is 0 Å². The molecule has 5 nitrogen and oxygen atoms in total. The molecule has 0 spiro atoms. The molecule has 2 N–H and O–H groups in total. The van der Waals surface area contributed by atoms with Crippen molar-refractivity contribution in [1.29, 1.82) is 0 Å². The summed E-state index contributed by atoms with van der Waals surface area (Å²) < 4.78 is 11.6. The maximum Gasteiger partial charge on any atom is 0.191 e. The first-order chi connectivity index (χ1) is 12.7. The lowest BCUT2D eigenvalue weighted by molar-refractivity contribution is 0.352. The highest BCUT2D eigenvalue weighted by Gasteiger charge is 2.10. The maximum atomic E-state index is 5.38. The van der Waals surface area contributed by atoms with Crippen molar-refractivity contribution >= 4 is 21.9 Å². The fourth-order valence-electron chi connectivity index (χ4n) is 2.62. The topological polar surface area (TPSA) is 54.9 Å². The largest absolute Gasteiger partial charge is 0.493 e. The molecule has 2 rings (SSSR count). The standard InChI is InChI=1S/C20H26BrN3O2/c1-22-20(23-11-7-10-15-8-5-4-6-9-15)24-14-16-12-17(21)19(26-3)18(13-16)25-2/h4-6,8-9,12-13H,7,10-11,14H2,1-3H3,(H2,22,23,24). The quantitative estimate of drug-likeness (QED) is 0.388. The zero-order valence-electron chi connectivity index (χ0n) is 15.5. The van der Waals surface area contributed by atoms with Gasteiger partial charge in [-0.25, -0.2) is 0 Å². The van der Waals surface area contributed by atoms with Crippen LogP contribution in [0.1, 0.15) is 17.5 Å². The van der Waals surface area contributed by atoms with Crippen LogP contribution in [0.5, 0.6) is 11.5 Å². The monoisotopic (exact) mass is 419 g/mol. The maximum absolute atomic E-state index is 5.38. The molecular weight excluding hydrogens is 394 g/mol. The number of hydrogen-bond acceptors (Lipinski definition) is 3. The van der Waals surface area contributed by atoms with Gasteiger partial charge in [0, 0.05) is 20.1 Å². The zero-order chi connectivity index (χ0) is 18.8. The molecule has 0 aliphatic heterocycles. The van der Waals surface area contributed by atoms with Crippen molar-refractivity contribution in [2.45, 2.75) is 19.4 Å². The van der Waals surface area contributed by atoms with Crippen LogP contribution in [0.2, 0.25) is 0 Å². The van der Waals surface area contributed by atoms with Crippen LogP contribution in [0.15, 0.2) is 51.9 Å². The van der Waals surface area contributed by atoms with Crippen LogP contribution in [0.4, 0.5) is 0 Å². The summed E-state index contributed by atoms with van der Waals surface area (Å²) in [7, 11) is 5.04. The van der Waals surface area contributed by atoms with Gasteiger partial charge >= 0.3 is 0 Å². The van der Waals surface area contributed by atoms with Crippen LogP contribution in [0.3, 0.4) is 0 Å². The number of aliphatic imine (C=N–C) groups is 1. The molecule has 26 heavy (non-hydrogen) atoms. The van der Waals surface area contributed by atoms with Gasteiger partial charge in [0.2, 0.25) is 0 Å². The Morgan fingerprint density at radius 3 is 2.46 bits per heavy atom. The van der Waals surface area contributed by atoms with Gasteiger partial charge in [-0.2, -0.15) is 0 Å². The molecule has 0 saturated heterocycles. The fraction of sp³-hybridized carbons (Fsp3) is 0.350. The predicted molar refractivity (Wildman–Crippen MR) is 110 cm³/mol. The van der Waals surface area contributed by atoms with E-state index in [4.69, 9.17) is 9.47 Å². The molecule has 0 unspecified atom stereocenters. The number of nitrogens with zero attached hydrogens (tertiary/aromatic N) is 1. The summed E-state index contributed by atoms with van der Waals surface area (Å²) >= 11 is 3.52. The molecule has 140 valence electrons. The Morgan fingerprint density at radius 2 is 1.81 bits per heavy atom. The van der Waals surface area contributed by atoms with E-state index in [0.29, 0.717) is 18.0 Å². The van der Waals surface area contributed by atoms with Crippen LogP contribution in [-0.2, 0) is 13.0 Å². The molecule has 0 heterocycles. The third-order valence-corrected chi connectivity index (χ3v) is 4.54. The Hall–Kier alpha value is -2.21. The highest BCUT2D eigenvalue weighted by atomic mass is 79.9. The number of methoxy groups -OCH3 is 2. The molecule has 0 atom stereocenters. The Kier molecular flexibility index (Phi) is 8.28. The number of guanidine groups is 1. The average molecular weight is 420 g/mol. The Labute approximate surface area is 163 Å². The molecular formula is C20H26BrN3O2. The summed E-state index contributed by atoms with van der Waals surface area (Å²) in [5, 5.41) is 6.67. The summed E-state index contributed by atoms with van der Waals surface area (Å²) in [6, 6.07) is 14.5. The molecule has 0 saturated carbocycles. The summed E-state index contributed by atoms with van der Waals surface area (Å²) in [5.41, 5.74) is 2.43. The van der Waals surface area contributed by atoms with Gasteiger partial charge in [0.15, 0.2) is 17.5 Å². The van der Waals surface area contributed by atoms with Gasteiger partial charge in [0.25, 0.3) is 0 Å². The minimum Gasteiger partial charge on any atom is -0.493 e. The van der Waals surface area contributed by atoms with E-state index in [1.165, 1.54) is 5.56 Å². The molecule has 0 aliphatic carbocycles. The molecule has 0 radical (unpaired) electrons. The third kappa shape index (κ3) is 5.95. The summed E-state index contributed by atoms with van der Waals surface area (Å²) in [5.74, 6) is 2.17. The minimum atomic E-state index is 0.636. The lowest BCUT2D eigenvalue weighted by Crippen LogP contribution is -2.37. The van der Waals surface area contributed by atoms with Crippen LogP contribution in [-0.4, -0.2) is 33.8 Å². The van der Waals surface area contributed by atoms with Crippen molar-refractivity contribution in [3.63, 3.8) is 0 Å². The number of halogens is 1. The molecule has 0 aliphatic rings. The first kappa shape index (κ1) is 20.1. The Balaban J connectivity index is 1.82. The van der Waals surface area contributed by atoms with Crippen molar-refractivity contribution in [3.8, 4) is 11.5 Å². The van der Waals surface area contributed by atoms with E-state index in [0.717, 1.165) is 35.4 Å². The van der Waals surface area contributed by atoms with Gasteiger partial charge in [0.1, 0.15) is 0 Å². The smallest absolute Gasteiger partial charge is 0.191 e. The van der Waals surface area contributed by atoms with Crippen molar-refractivity contribution in [3.05, 3.63) is 58.1 Å². The normalized spacial score (nSPS) is 11.2. The van der Waals surface area contributed by atoms with Crippen molar-refractivity contribution in [1.82, 2.24) is 10.6 Å². The number of hydrogen-bond donors (Lipinski definition) is 2. The average Bonchev–Trinajstić information content (AvgIpc) is 2.67. The molecule has 6 heteroatoms. The van der Waals surface area contributed by atoms with E-state index in [2.05, 4.69) is 55.8 Å². The molecule has 0 amide bonds. The van der Waals surface area contributed by atoms with E-state index in [1.807, 2.05) is 18.2 Å². The van der Waals surface area contributed by atoms with Crippen LogP contribution < -0.4 is 20.1 Å². The summed E-state index contributed by atoms with van der Waals surface area (Å²) in [6.07, 6.45) is 2.10. The fourth-order valence-corrected chi connectivity index (χ4v) is 3.28. The van der Waals surface area contributed by atoms with Gasteiger partial charge < -0.3 is 20.1 Å². The second-order valence-corrected chi connectivity index (χ2v) is 6.61. The highest BCUT2D eigenvalue weighted by molar-refractivity contribution is 9.10. The number of nitrogens with one attached hydrogen (secondary N) is 2.